The molecule has 0 saturated carbocycles. The molecular formula is C24H27N3O2. The first-order chi connectivity index (χ1) is 14.0. The second kappa shape index (κ2) is 8.21. The van der Waals surface area contributed by atoms with Gasteiger partial charge < -0.3 is 14.8 Å². The molecule has 3 aromatic rings. The number of hydrogen-bond donors (Lipinski definition) is 1. The molecule has 1 aromatic heterocycles. The van der Waals surface area contributed by atoms with Crippen LogP contribution < -0.4 is 10.9 Å². The van der Waals surface area contributed by atoms with Crippen LogP contribution in [0.4, 0.5) is 0 Å². The highest BCUT2D eigenvalue weighted by atomic mass is 16.2. The summed E-state index contributed by atoms with van der Waals surface area (Å²) in [4.78, 5) is 27.6. The molecule has 1 saturated heterocycles. The maximum absolute atomic E-state index is 12.6. The van der Waals surface area contributed by atoms with Crippen LogP contribution in [0.2, 0.25) is 0 Å². The van der Waals surface area contributed by atoms with Crippen LogP contribution in [-0.4, -0.2) is 41.6 Å². The summed E-state index contributed by atoms with van der Waals surface area (Å²) in [6.45, 7) is 5.55. The first kappa shape index (κ1) is 19.4. The van der Waals surface area contributed by atoms with Gasteiger partial charge in [0.05, 0.1) is 5.52 Å². The number of aromatic nitrogens is 1. The van der Waals surface area contributed by atoms with E-state index in [2.05, 4.69) is 41.4 Å². The number of fused-ring (bicyclic) bond motifs is 1. The summed E-state index contributed by atoms with van der Waals surface area (Å²) in [6, 6.07) is 17.9. The summed E-state index contributed by atoms with van der Waals surface area (Å²) in [5.74, 6) is 0.255. The first-order valence-corrected chi connectivity index (χ1v) is 10.2. The zero-order chi connectivity index (χ0) is 20.4. The Kier molecular flexibility index (Phi) is 5.49. The molecule has 2 heterocycles. The largest absolute Gasteiger partial charge is 0.351 e. The van der Waals surface area contributed by atoms with Crippen LogP contribution in [0.15, 0.2) is 59.4 Å². The number of nitrogens with one attached hydrogen (secondary N) is 1. The van der Waals surface area contributed by atoms with Gasteiger partial charge in [-0.3, -0.25) is 9.59 Å². The Morgan fingerprint density at radius 1 is 1.14 bits per heavy atom. The van der Waals surface area contributed by atoms with Crippen LogP contribution in [0.25, 0.3) is 10.9 Å². The molecule has 5 heteroatoms. The number of likely N-dealkylation sites (tertiary alicyclic amines) is 1. The predicted molar refractivity (Wildman–Crippen MR) is 116 cm³/mol. The van der Waals surface area contributed by atoms with E-state index in [1.807, 2.05) is 24.3 Å². The van der Waals surface area contributed by atoms with Crippen molar-refractivity contribution in [1.82, 2.24) is 14.8 Å². The van der Waals surface area contributed by atoms with Crippen LogP contribution in [0.1, 0.15) is 33.8 Å². The van der Waals surface area contributed by atoms with Crippen molar-refractivity contribution in [2.45, 2.75) is 19.3 Å². The lowest BCUT2D eigenvalue weighted by molar-refractivity contribution is 0.0948. The maximum atomic E-state index is 12.6. The lowest BCUT2D eigenvalue weighted by Gasteiger charge is -2.17. The van der Waals surface area contributed by atoms with Crippen molar-refractivity contribution in [2.24, 2.45) is 7.05 Å². The lowest BCUT2D eigenvalue weighted by atomic mass is 9.94. The van der Waals surface area contributed by atoms with Gasteiger partial charge in [-0.15, -0.1) is 0 Å². The van der Waals surface area contributed by atoms with Gasteiger partial charge >= 0.3 is 0 Å². The van der Waals surface area contributed by atoms with Crippen LogP contribution in [0.5, 0.6) is 0 Å². The van der Waals surface area contributed by atoms with Gasteiger partial charge in [-0.25, -0.2) is 0 Å². The molecular weight excluding hydrogens is 362 g/mol. The Morgan fingerprint density at radius 2 is 1.90 bits per heavy atom. The molecule has 0 bridgehead atoms. The number of carbonyl (C=O) groups excluding carboxylic acids is 1. The van der Waals surface area contributed by atoms with E-state index in [0.29, 0.717) is 12.5 Å². The third kappa shape index (κ3) is 3.96. The molecule has 1 amide bonds. The number of rotatable bonds is 5. The van der Waals surface area contributed by atoms with E-state index in [0.717, 1.165) is 37.0 Å². The maximum Gasteiger partial charge on any atom is 0.263 e. The number of para-hydroxylation sites is 1. The zero-order valence-corrected chi connectivity index (χ0v) is 17.0. The van der Waals surface area contributed by atoms with Gasteiger partial charge in [0.25, 0.3) is 11.5 Å². The Bertz CT molecular complexity index is 1100. The first-order valence-electron chi connectivity index (χ1n) is 10.2. The molecule has 29 heavy (non-hydrogen) atoms. The van der Waals surface area contributed by atoms with Gasteiger partial charge in [-0.1, -0.05) is 42.5 Å². The molecule has 2 aromatic carbocycles. The van der Waals surface area contributed by atoms with Gasteiger partial charge in [0.1, 0.15) is 5.56 Å². The van der Waals surface area contributed by atoms with Gasteiger partial charge in [0, 0.05) is 26.7 Å². The average Bonchev–Trinajstić information content (AvgIpc) is 3.19. The predicted octanol–water partition coefficient (Wildman–Crippen LogP) is 3.07. The highest BCUT2D eigenvalue weighted by Gasteiger charge is 2.24. The number of nitrogens with zero attached hydrogens (tertiary/aromatic N) is 2. The average molecular weight is 389 g/mol. The molecule has 1 N–H and O–H groups in total. The minimum Gasteiger partial charge on any atom is -0.351 e. The van der Waals surface area contributed by atoms with E-state index >= 15 is 0 Å². The van der Waals surface area contributed by atoms with Crippen LogP contribution >= 0.6 is 0 Å². The van der Waals surface area contributed by atoms with Crippen LogP contribution in [0.3, 0.4) is 0 Å². The minimum absolute atomic E-state index is 0.199. The van der Waals surface area contributed by atoms with Crippen LogP contribution in [0, 0.1) is 6.92 Å². The molecule has 0 aliphatic carbocycles. The Morgan fingerprint density at radius 3 is 2.72 bits per heavy atom. The summed E-state index contributed by atoms with van der Waals surface area (Å²) in [5.41, 5.74) is 3.54. The molecule has 1 atom stereocenters. The normalized spacial score (nSPS) is 17.0. The molecule has 1 unspecified atom stereocenters. The lowest BCUT2D eigenvalue weighted by Crippen LogP contribution is -2.37. The van der Waals surface area contributed by atoms with E-state index in [9.17, 15) is 9.59 Å². The number of aryl methyl sites for hydroxylation is 2. The van der Waals surface area contributed by atoms with Crippen molar-refractivity contribution < 1.29 is 4.79 Å². The van der Waals surface area contributed by atoms with Gasteiger partial charge in [-0.05, 0) is 54.5 Å². The second-order valence-corrected chi connectivity index (χ2v) is 7.88. The highest BCUT2D eigenvalue weighted by Crippen LogP contribution is 2.28. The van der Waals surface area contributed by atoms with Gasteiger partial charge in [0.2, 0.25) is 0 Å². The van der Waals surface area contributed by atoms with Crippen molar-refractivity contribution in [1.29, 1.82) is 0 Å². The van der Waals surface area contributed by atoms with Crippen molar-refractivity contribution in [3.8, 4) is 0 Å². The fourth-order valence-electron chi connectivity index (χ4n) is 4.34. The van der Waals surface area contributed by atoms with Gasteiger partial charge in [-0.2, -0.15) is 0 Å². The van der Waals surface area contributed by atoms with E-state index in [-0.39, 0.29) is 17.0 Å². The van der Waals surface area contributed by atoms with Crippen molar-refractivity contribution >= 4 is 16.8 Å². The van der Waals surface area contributed by atoms with E-state index in [1.165, 1.54) is 15.7 Å². The van der Waals surface area contributed by atoms with E-state index in [4.69, 9.17) is 0 Å². The minimum atomic E-state index is -0.300. The van der Waals surface area contributed by atoms with E-state index < -0.39 is 0 Å². The Hall–Kier alpha value is -2.92. The SMILES string of the molecule is Cc1ccccc1C1CCN(CCNC(=O)c2cc3ccccc3n(C)c2=O)C1. The number of amides is 1. The number of pyridine rings is 1. The smallest absolute Gasteiger partial charge is 0.263 e. The summed E-state index contributed by atoms with van der Waals surface area (Å²) >= 11 is 0. The fraction of sp³-hybridized carbons (Fsp3) is 0.333. The Labute approximate surface area is 171 Å². The Balaban J connectivity index is 1.36. The molecule has 0 spiro atoms. The topological polar surface area (TPSA) is 54.3 Å². The fourth-order valence-corrected chi connectivity index (χ4v) is 4.34. The van der Waals surface area contributed by atoms with Crippen molar-refractivity contribution in [3.05, 3.63) is 81.6 Å². The van der Waals surface area contributed by atoms with Crippen molar-refractivity contribution in [2.75, 3.05) is 26.2 Å². The number of hydrogen-bond acceptors (Lipinski definition) is 3. The third-order valence-electron chi connectivity index (χ3n) is 5.99. The van der Waals surface area contributed by atoms with Gasteiger partial charge in [0.15, 0.2) is 0 Å². The summed E-state index contributed by atoms with van der Waals surface area (Å²) < 4.78 is 1.54. The van der Waals surface area contributed by atoms with Crippen molar-refractivity contribution in [3.63, 3.8) is 0 Å². The summed E-state index contributed by atoms with van der Waals surface area (Å²) in [7, 11) is 1.71. The molecule has 5 nitrogen and oxygen atoms in total. The third-order valence-corrected chi connectivity index (χ3v) is 5.99. The number of carbonyl (C=O) groups is 1. The monoisotopic (exact) mass is 389 g/mol. The molecule has 4 rings (SSSR count). The zero-order valence-electron chi connectivity index (χ0n) is 17.0. The molecule has 0 radical (unpaired) electrons. The highest BCUT2D eigenvalue weighted by molar-refractivity contribution is 5.97. The number of benzene rings is 2. The molecule has 1 aliphatic heterocycles. The standard InChI is InChI=1S/C24H27N3O2/c1-17-7-3-5-9-20(17)19-11-13-27(16-19)14-12-25-23(28)21-15-18-8-4-6-10-22(18)26(2)24(21)29/h3-10,15,19H,11-14,16H2,1-2H3,(H,25,28). The molecule has 150 valence electrons. The molecule has 1 fully saturated rings. The summed E-state index contributed by atoms with van der Waals surface area (Å²) in [5, 5.41) is 3.82. The van der Waals surface area contributed by atoms with Crippen LogP contribution in [-0.2, 0) is 7.05 Å². The quantitative estimate of drug-likeness (QED) is 0.730. The second-order valence-electron chi connectivity index (χ2n) is 7.88. The summed E-state index contributed by atoms with van der Waals surface area (Å²) in [6.07, 6.45) is 1.14. The van der Waals surface area contributed by atoms with E-state index in [1.54, 1.807) is 13.1 Å². The molecule has 1 aliphatic rings.